The second-order valence-electron chi connectivity index (χ2n) is 4.54. The highest BCUT2D eigenvalue weighted by molar-refractivity contribution is 5.65. The van der Waals surface area contributed by atoms with Crippen LogP contribution in [0.5, 0.6) is 17.2 Å². The number of phenolic OH excluding ortho intramolecular Hbond substituents is 1. The summed E-state index contributed by atoms with van der Waals surface area (Å²) in [5.74, 6) is -0.0346. The Morgan fingerprint density at radius 1 is 1.45 bits per heavy atom. The first-order valence-corrected chi connectivity index (χ1v) is 6.05. The fourth-order valence-corrected chi connectivity index (χ4v) is 1.84. The van der Waals surface area contributed by atoms with Gasteiger partial charge < -0.3 is 24.1 Å². The Hall–Kier alpha value is -2.37. The lowest BCUT2D eigenvalue weighted by Gasteiger charge is -2.24. The smallest absolute Gasteiger partial charge is 0.504 e. The highest BCUT2D eigenvalue weighted by Gasteiger charge is 2.35. The Balaban J connectivity index is 1.97. The van der Waals surface area contributed by atoms with Gasteiger partial charge in [0, 0.05) is 19.4 Å². The van der Waals surface area contributed by atoms with Crippen LogP contribution in [-0.2, 0) is 9.47 Å². The minimum atomic E-state index is -1.05. The van der Waals surface area contributed by atoms with Crippen molar-refractivity contribution in [2.75, 3.05) is 7.11 Å². The Morgan fingerprint density at radius 3 is 2.75 bits per heavy atom. The number of hydrogen-bond donors (Lipinski definition) is 1. The molecule has 6 nitrogen and oxygen atoms in total. The van der Waals surface area contributed by atoms with Crippen LogP contribution in [0.25, 0.3) is 0 Å². The van der Waals surface area contributed by atoms with Crippen LogP contribution in [0.15, 0.2) is 30.0 Å². The predicted molar refractivity (Wildman–Crippen MR) is 69.6 cm³/mol. The molecule has 0 aliphatic carbocycles. The second-order valence-corrected chi connectivity index (χ2v) is 4.54. The van der Waals surface area contributed by atoms with Crippen molar-refractivity contribution >= 4 is 6.16 Å². The second kappa shape index (κ2) is 5.32. The summed E-state index contributed by atoms with van der Waals surface area (Å²) in [4.78, 5) is 11.7. The minimum absolute atomic E-state index is 0.126. The number of phenols is 1. The lowest BCUT2D eigenvalue weighted by molar-refractivity contribution is -0.155. The third-order valence-corrected chi connectivity index (χ3v) is 2.79. The summed E-state index contributed by atoms with van der Waals surface area (Å²) in [5, 5.41) is 9.58. The number of aromatic hydroxyl groups is 1. The molecule has 2 rings (SSSR count). The maximum absolute atomic E-state index is 11.7. The van der Waals surface area contributed by atoms with Gasteiger partial charge in [-0.3, -0.25) is 0 Å². The first-order chi connectivity index (χ1) is 9.42. The number of ether oxygens (including phenoxy) is 4. The maximum Gasteiger partial charge on any atom is 0.517 e. The molecule has 0 radical (unpaired) electrons. The summed E-state index contributed by atoms with van der Waals surface area (Å²) in [6.45, 7) is 3.42. The van der Waals surface area contributed by atoms with Gasteiger partial charge in [0.05, 0.1) is 12.9 Å². The fourth-order valence-electron chi connectivity index (χ4n) is 1.84. The van der Waals surface area contributed by atoms with Gasteiger partial charge in [-0.2, -0.15) is 0 Å². The Morgan fingerprint density at radius 2 is 2.20 bits per heavy atom. The van der Waals surface area contributed by atoms with Gasteiger partial charge in [0.25, 0.3) is 5.79 Å². The molecule has 1 atom stereocenters. The average Bonchev–Trinajstić information content (AvgIpc) is 2.68. The Bertz CT molecular complexity index is 551. The van der Waals surface area contributed by atoms with E-state index < -0.39 is 11.9 Å². The number of methoxy groups -OCH3 is 1. The molecule has 20 heavy (non-hydrogen) atoms. The van der Waals surface area contributed by atoms with Crippen molar-refractivity contribution < 1.29 is 28.8 Å². The summed E-state index contributed by atoms with van der Waals surface area (Å²) >= 11 is 0. The highest BCUT2D eigenvalue weighted by atomic mass is 16.8. The van der Waals surface area contributed by atoms with Crippen LogP contribution >= 0.6 is 0 Å². The minimum Gasteiger partial charge on any atom is -0.504 e. The third kappa shape index (κ3) is 3.14. The van der Waals surface area contributed by atoms with E-state index in [9.17, 15) is 9.90 Å². The molecule has 1 heterocycles. The molecule has 1 aromatic carbocycles. The van der Waals surface area contributed by atoms with Gasteiger partial charge in [0.15, 0.2) is 11.5 Å². The summed E-state index contributed by atoms with van der Waals surface area (Å²) in [6, 6.07) is 4.24. The molecule has 1 N–H and O–H groups in total. The van der Waals surface area contributed by atoms with E-state index in [1.807, 2.05) is 6.08 Å². The standard InChI is InChI=1S/C14H16O6/c1-9-6-7-14(2,19-9)20-13(16)18-10-4-5-12(17-3)11(15)8-10/h4-6,8,15H,7H2,1-3H3. The van der Waals surface area contributed by atoms with Gasteiger partial charge in [-0.05, 0) is 25.1 Å². The van der Waals surface area contributed by atoms with Crippen molar-refractivity contribution in [2.45, 2.75) is 26.1 Å². The zero-order valence-electron chi connectivity index (χ0n) is 11.5. The molecule has 1 unspecified atom stereocenters. The van der Waals surface area contributed by atoms with E-state index in [2.05, 4.69) is 0 Å². The zero-order chi connectivity index (χ0) is 14.8. The molecule has 6 heteroatoms. The molecule has 0 aromatic heterocycles. The van der Waals surface area contributed by atoms with E-state index in [1.165, 1.54) is 25.3 Å². The molecule has 1 aliphatic heterocycles. The van der Waals surface area contributed by atoms with Crippen molar-refractivity contribution in [3.63, 3.8) is 0 Å². The van der Waals surface area contributed by atoms with Gasteiger partial charge in [-0.15, -0.1) is 0 Å². The average molecular weight is 280 g/mol. The summed E-state index contributed by atoms with van der Waals surface area (Å²) in [5.41, 5.74) is 0. The van der Waals surface area contributed by atoms with E-state index in [4.69, 9.17) is 18.9 Å². The molecule has 0 fully saturated rings. The van der Waals surface area contributed by atoms with Gasteiger partial charge in [0.2, 0.25) is 0 Å². The number of allylic oxidation sites excluding steroid dienone is 1. The molecular weight excluding hydrogens is 264 g/mol. The van der Waals surface area contributed by atoms with Crippen LogP contribution in [0.4, 0.5) is 4.79 Å². The van der Waals surface area contributed by atoms with Crippen LogP contribution in [0.3, 0.4) is 0 Å². The van der Waals surface area contributed by atoms with Crippen LogP contribution in [0.2, 0.25) is 0 Å². The van der Waals surface area contributed by atoms with Gasteiger partial charge >= 0.3 is 6.16 Å². The van der Waals surface area contributed by atoms with E-state index in [0.29, 0.717) is 12.2 Å². The molecule has 0 saturated carbocycles. The number of rotatable bonds is 3. The van der Waals surface area contributed by atoms with Crippen molar-refractivity contribution in [1.29, 1.82) is 0 Å². The fraction of sp³-hybridized carbons (Fsp3) is 0.357. The summed E-state index contributed by atoms with van der Waals surface area (Å²) in [7, 11) is 1.43. The first kappa shape index (κ1) is 14.0. The summed E-state index contributed by atoms with van der Waals surface area (Å²) < 4.78 is 20.4. The Labute approximate surface area is 116 Å². The van der Waals surface area contributed by atoms with Gasteiger partial charge in [-0.1, -0.05) is 0 Å². The maximum atomic E-state index is 11.7. The Kier molecular flexibility index (Phi) is 3.74. The number of benzene rings is 1. The van der Waals surface area contributed by atoms with E-state index in [-0.39, 0.29) is 17.2 Å². The van der Waals surface area contributed by atoms with Crippen LogP contribution < -0.4 is 9.47 Å². The van der Waals surface area contributed by atoms with E-state index >= 15 is 0 Å². The van der Waals surface area contributed by atoms with Gasteiger partial charge in [-0.25, -0.2) is 4.79 Å². The molecule has 1 aliphatic rings. The van der Waals surface area contributed by atoms with Crippen LogP contribution in [-0.4, -0.2) is 24.2 Å². The van der Waals surface area contributed by atoms with Crippen LogP contribution in [0, 0.1) is 0 Å². The molecule has 1 aromatic rings. The van der Waals surface area contributed by atoms with Crippen molar-refractivity contribution in [3.8, 4) is 17.2 Å². The molecule has 0 spiro atoms. The quantitative estimate of drug-likeness (QED) is 0.677. The van der Waals surface area contributed by atoms with Gasteiger partial charge in [0.1, 0.15) is 5.75 Å². The topological polar surface area (TPSA) is 74.2 Å². The summed E-state index contributed by atoms with van der Waals surface area (Å²) in [6.07, 6.45) is 1.38. The van der Waals surface area contributed by atoms with Crippen molar-refractivity contribution in [2.24, 2.45) is 0 Å². The largest absolute Gasteiger partial charge is 0.517 e. The van der Waals surface area contributed by atoms with E-state index in [1.54, 1.807) is 13.8 Å². The highest BCUT2D eigenvalue weighted by Crippen LogP contribution is 2.32. The monoisotopic (exact) mass is 280 g/mol. The molecule has 0 amide bonds. The van der Waals surface area contributed by atoms with Crippen molar-refractivity contribution in [1.82, 2.24) is 0 Å². The molecule has 108 valence electrons. The normalized spacial score (nSPS) is 20.9. The lowest BCUT2D eigenvalue weighted by atomic mass is 10.2. The predicted octanol–water partition coefficient (Wildman–Crippen LogP) is 2.96. The van der Waals surface area contributed by atoms with E-state index in [0.717, 1.165) is 0 Å². The first-order valence-electron chi connectivity index (χ1n) is 6.05. The van der Waals surface area contributed by atoms with Crippen LogP contribution in [0.1, 0.15) is 20.3 Å². The number of hydrogen-bond acceptors (Lipinski definition) is 6. The third-order valence-electron chi connectivity index (χ3n) is 2.79. The molecule has 0 saturated heterocycles. The number of carbonyl (C=O) groups is 1. The SMILES string of the molecule is COc1ccc(OC(=O)OC2(C)CC=C(C)O2)cc1O. The van der Waals surface area contributed by atoms with Crippen molar-refractivity contribution in [3.05, 3.63) is 30.0 Å². The molecule has 0 bridgehead atoms. The molecular formula is C14H16O6. The lowest BCUT2D eigenvalue weighted by Crippen LogP contribution is -2.32. The number of carbonyl (C=O) groups excluding carboxylic acids is 1. The zero-order valence-corrected chi connectivity index (χ0v) is 11.5.